The van der Waals surface area contributed by atoms with Crippen LogP contribution in [0.5, 0.6) is 0 Å². The molecule has 0 radical (unpaired) electrons. The van der Waals surface area contributed by atoms with Gasteiger partial charge in [-0.05, 0) is 55.5 Å². The predicted molar refractivity (Wildman–Crippen MR) is 123 cm³/mol. The first-order valence-corrected chi connectivity index (χ1v) is 12.3. The lowest BCUT2D eigenvalue weighted by molar-refractivity contribution is -0.118. The summed E-state index contributed by atoms with van der Waals surface area (Å²) in [4.78, 5) is 12.1. The Hall–Kier alpha value is -3.57. The number of hydrogen-bond acceptors (Lipinski definition) is 8. The van der Waals surface area contributed by atoms with Crippen LogP contribution in [0, 0.1) is 6.92 Å². The van der Waals surface area contributed by atoms with E-state index in [1.807, 2.05) is 6.92 Å². The average molecular weight is 485 g/mol. The molecule has 4 aromatic rings. The normalized spacial score (nSPS) is 11.3. The number of carbonyl (C=O) groups is 1. The fourth-order valence-electron chi connectivity index (χ4n) is 2.77. The highest BCUT2D eigenvalue weighted by Gasteiger charge is 2.15. The Labute approximate surface area is 194 Å². The van der Waals surface area contributed by atoms with Crippen molar-refractivity contribution in [3.05, 3.63) is 78.3 Å². The molecule has 2 aromatic heterocycles. The zero-order valence-corrected chi connectivity index (χ0v) is 19.2. The molecule has 4 rings (SSSR count). The standard InChI is InChI=1S/C22H20N4O5S2/c1-15-4-10-19(11-5-15)33(28,29)26-17-8-6-16(7-9-17)21-24-25-22(31-21)32-14-20(27)23-13-18-3-2-12-30-18/h2-12,26H,13-14H2,1H3,(H,23,27). The Morgan fingerprint density at radius 1 is 1.03 bits per heavy atom. The number of aryl methyl sites for hydroxylation is 1. The van der Waals surface area contributed by atoms with E-state index < -0.39 is 10.0 Å². The van der Waals surface area contributed by atoms with Crippen molar-refractivity contribution < 1.29 is 22.0 Å². The van der Waals surface area contributed by atoms with Crippen LogP contribution >= 0.6 is 11.8 Å². The van der Waals surface area contributed by atoms with Crippen molar-refractivity contribution in [2.75, 3.05) is 10.5 Å². The largest absolute Gasteiger partial charge is 0.467 e. The fourth-order valence-corrected chi connectivity index (χ4v) is 4.43. The molecule has 2 aromatic carbocycles. The second-order valence-electron chi connectivity index (χ2n) is 7.01. The zero-order chi connectivity index (χ0) is 23.3. The molecule has 0 fully saturated rings. The van der Waals surface area contributed by atoms with Crippen molar-refractivity contribution in [3.8, 4) is 11.5 Å². The number of aromatic nitrogens is 2. The summed E-state index contributed by atoms with van der Waals surface area (Å²) in [5.74, 6) is 0.850. The molecule has 0 aliphatic heterocycles. The number of thioether (sulfide) groups is 1. The van der Waals surface area contributed by atoms with Gasteiger partial charge in [-0.2, -0.15) is 0 Å². The first kappa shape index (κ1) is 22.6. The van der Waals surface area contributed by atoms with E-state index in [-0.39, 0.29) is 27.7 Å². The third kappa shape index (κ3) is 6.02. The Morgan fingerprint density at radius 3 is 2.48 bits per heavy atom. The minimum atomic E-state index is -3.69. The summed E-state index contributed by atoms with van der Waals surface area (Å²) >= 11 is 1.12. The van der Waals surface area contributed by atoms with Crippen molar-refractivity contribution in [3.63, 3.8) is 0 Å². The van der Waals surface area contributed by atoms with Gasteiger partial charge in [-0.3, -0.25) is 9.52 Å². The molecule has 2 N–H and O–H groups in total. The third-order valence-corrected chi connectivity index (χ3v) is 6.70. The van der Waals surface area contributed by atoms with E-state index in [1.54, 1.807) is 66.9 Å². The molecule has 0 aliphatic rings. The molecular weight excluding hydrogens is 464 g/mol. The van der Waals surface area contributed by atoms with Crippen LogP contribution < -0.4 is 10.0 Å². The van der Waals surface area contributed by atoms with Crippen LogP contribution in [0.2, 0.25) is 0 Å². The van der Waals surface area contributed by atoms with Crippen LogP contribution in [0.1, 0.15) is 11.3 Å². The third-order valence-electron chi connectivity index (χ3n) is 4.49. The molecule has 0 atom stereocenters. The second-order valence-corrected chi connectivity index (χ2v) is 9.62. The minimum Gasteiger partial charge on any atom is -0.467 e. The Balaban J connectivity index is 1.32. The smallest absolute Gasteiger partial charge is 0.277 e. The maximum atomic E-state index is 12.5. The highest BCUT2D eigenvalue weighted by Crippen LogP contribution is 2.25. The molecule has 0 saturated carbocycles. The van der Waals surface area contributed by atoms with Gasteiger partial charge in [-0.15, -0.1) is 10.2 Å². The molecule has 0 bridgehead atoms. The Kier molecular flexibility index (Phi) is 6.80. The van der Waals surface area contributed by atoms with E-state index in [2.05, 4.69) is 20.2 Å². The molecule has 0 saturated heterocycles. The molecule has 0 unspecified atom stereocenters. The zero-order valence-electron chi connectivity index (χ0n) is 17.5. The van der Waals surface area contributed by atoms with E-state index in [0.717, 1.165) is 17.3 Å². The molecule has 11 heteroatoms. The number of sulfonamides is 1. The Bertz CT molecular complexity index is 1320. The number of nitrogens with zero attached hydrogens (tertiary/aromatic N) is 2. The summed E-state index contributed by atoms with van der Waals surface area (Å²) in [6.07, 6.45) is 1.54. The maximum absolute atomic E-state index is 12.5. The van der Waals surface area contributed by atoms with Gasteiger partial charge in [-0.25, -0.2) is 8.42 Å². The number of anilines is 1. The van der Waals surface area contributed by atoms with Crippen molar-refractivity contribution in [1.29, 1.82) is 0 Å². The lowest BCUT2D eigenvalue weighted by atomic mass is 10.2. The lowest BCUT2D eigenvalue weighted by Crippen LogP contribution is -2.24. The van der Waals surface area contributed by atoms with Gasteiger partial charge in [0, 0.05) is 11.3 Å². The summed E-state index contributed by atoms with van der Waals surface area (Å²) in [5, 5.41) is 10.9. The van der Waals surface area contributed by atoms with Gasteiger partial charge in [-0.1, -0.05) is 29.5 Å². The average Bonchev–Trinajstić information content (AvgIpc) is 3.49. The lowest BCUT2D eigenvalue weighted by Gasteiger charge is -2.08. The molecule has 1 amide bonds. The van der Waals surface area contributed by atoms with Crippen LogP contribution in [0.15, 0.2) is 85.9 Å². The molecule has 0 aliphatic carbocycles. The summed E-state index contributed by atoms with van der Waals surface area (Å²) in [5.41, 5.74) is 2.00. The fraction of sp³-hybridized carbons (Fsp3) is 0.136. The van der Waals surface area contributed by atoms with Gasteiger partial charge in [0.2, 0.25) is 11.8 Å². The molecule has 0 spiro atoms. The van der Waals surface area contributed by atoms with Crippen LogP contribution in [0.3, 0.4) is 0 Å². The highest BCUT2D eigenvalue weighted by molar-refractivity contribution is 7.99. The van der Waals surface area contributed by atoms with Gasteiger partial charge in [0.1, 0.15) is 5.76 Å². The van der Waals surface area contributed by atoms with Crippen LogP contribution in [0.4, 0.5) is 5.69 Å². The number of benzene rings is 2. The van der Waals surface area contributed by atoms with Gasteiger partial charge >= 0.3 is 0 Å². The highest BCUT2D eigenvalue weighted by atomic mass is 32.2. The molecule has 2 heterocycles. The maximum Gasteiger partial charge on any atom is 0.277 e. The predicted octanol–water partition coefficient (Wildman–Crippen LogP) is 3.85. The van der Waals surface area contributed by atoms with E-state index in [9.17, 15) is 13.2 Å². The van der Waals surface area contributed by atoms with Crippen LogP contribution in [-0.4, -0.2) is 30.3 Å². The number of amides is 1. The summed E-state index contributed by atoms with van der Waals surface area (Å²) in [6, 6.07) is 16.7. The summed E-state index contributed by atoms with van der Waals surface area (Å²) in [7, 11) is -3.69. The van der Waals surface area contributed by atoms with Crippen molar-refractivity contribution in [2.24, 2.45) is 0 Å². The molecule has 170 valence electrons. The summed E-state index contributed by atoms with van der Waals surface area (Å²) < 4.78 is 38.3. The van der Waals surface area contributed by atoms with Crippen molar-refractivity contribution in [2.45, 2.75) is 23.6 Å². The minimum absolute atomic E-state index is 0.113. The Morgan fingerprint density at radius 2 is 1.79 bits per heavy atom. The first-order valence-electron chi connectivity index (χ1n) is 9.84. The number of hydrogen-bond donors (Lipinski definition) is 2. The number of nitrogens with one attached hydrogen (secondary N) is 2. The van der Waals surface area contributed by atoms with Crippen molar-refractivity contribution in [1.82, 2.24) is 15.5 Å². The second kappa shape index (κ2) is 9.92. The topological polar surface area (TPSA) is 127 Å². The van der Waals surface area contributed by atoms with E-state index in [0.29, 0.717) is 23.6 Å². The van der Waals surface area contributed by atoms with E-state index in [1.165, 1.54) is 0 Å². The van der Waals surface area contributed by atoms with Crippen molar-refractivity contribution >= 4 is 33.4 Å². The van der Waals surface area contributed by atoms with Crippen LogP contribution in [0.25, 0.3) is 11.5 Å². The van der Waals surface area contributed by atoms with Crippen LogP contribution in [-0.2, 0) is 21.4 Å². The van der Waals surface area contributed by atoms with Gasteiger partial charge < -0.3 is 14.2 Å². The SMILES string of the molecule is Cc1ccc(S(=O)(=O)Nc2ccc(-c3nnc(SCC(=O)NCc4ccco4)o3)cc2)cc1. The quantitative estimate of drug-likeness (QED) is 0.343. The van der Waals surface area contributed by atoms with Gasteiger partial charge in [0.25, 0.3) is 15.2 Å². The first-order chi connectivity index (χ1) is 15.9. The van der Waals surface area contributed by atoms with Gasteiger partial charge in [0.15, 0.2) is 0 Å². The van der Waals surface area contributed by atoms with E-state index in [4.69, 9.17) is 8.83 Å². The number of furan rings is 1. The summed E-state index contributed by atoms with van der Waals surface area (Å²) in [6.45, 7) is 2.20. The molecule has 33 heavy (non-hydrogen) atoms. The molecule has 9 nitrogen and oxygen atoms in total. The number of rotatable bonds is 9. The van der Waals surface area contributed by atoms with E-state index >= 15 is 0 Å². The monoisotopic (exact) mass is 484 g/mol. The van der Waals surface area contributed by atoms with Gasteiger partial charge in [0.05, 0.1) is 23.5 Å². The number of carbonyl (C=O) groups excluding carboxylic acids is 1. The molecular formula is C22H20N4O5S2.